The molecule has 0 atom stereocenters. The van der Waals surface area contributed by atoms with E-state index in [-0.39, 0.29) is 17.7 Å². The molecule has 0 aliphatic carbocycles. The van der Waals surface area contributed by atoms with Gasteiger partial charge in [0.15, 0.2) is 0 Å². The highest BCUT2D eigenvalue weighted by Crippen LogP contribution is 2.18. The van der Waals surface area contributed by atoms with Crippen molar-refractivity contribution >= 4 is 22.6 Å². The van der Waals surface area contributed by atoms with Crippen LogP contribution in [-0.4, -0.2) is 17.0 Å². The lowest BCUT2D eigenvalue weighted by Crippen LogP contribution is -2.24. The first-order valence-electron chi connectivity index (χ1n) is 7.62. The van der Waals surface area contributed by atoms with E-state index >= 15 is 0 Å². The quantitative estimate of drug-likeness (QED) is 0.494. The third kappa shape index (κ3) is 3.82. The van der Waals surface area contributed by atoms with Crippen LogP contribution in [0.3, 0.4) is 0 Å². The van der Waals surface area contributed by atoms with Crippen LogP contribution in [-0.2, 0) is 11.4 Å². The maximum atomic E-state index is 12.1. The minimum atomic E-state index is -0.689. The molecule has 2 amide bonds. The summed E-state index contributed by atoms with van der Waals surface area (Å²) in [5, 5.41) is 10.8. The lowest BCUT2D eigenvalue weighted by molar-refractivity contribution is 0.0237. The van der Waals surface area contributed by atoms with E-state index in [1.807, 2.05) is 42.5 Å². The van der Waals surface area contributed by atoms with Crippen molar-refractivity contribution < 1.29 is 19.6 Å². The largest absolute Gasteiger partial charge is 0.288 e. The van der Waals surface area contributed by atoms with E-state index in [2.05, 4.69) is 5.48 Å². The van der Waals surface area contributed by atoms with Crippen LogP contribution < -0.4 is 11.0 Å². The summed E-state index contributed by atoms with van der Waals surface area (Å²) < 4.78 is 0. The zero-order chi connectivity index (χ0) is 17.6. The number of hydrogen-bond acceptors (Lipinski definition) is 4. The lowest BCUT2D eigenvalue weighted by Gasteiger charge is -2.09. The Labute approximate surface area is 144 Å². The Hall–Kier alpha value is -3.22. The molecule has 0 saturated heterocycles. The van der Waals surface area contributed by atoms with E-state index < -0.39 is 11.8 Å². The van der Waals surface area contributed by atoms with Gasteiger partial charge in [-0.2, -0.15) is 0 Å². The molecule has 6 nitrogen and oxygen atoms in total. The van der Waals surface area contributed by atoms with Gasteiger partial charge in [-0.25, -0.2) is 11.0 Å². The summed E-state index contributed by atoms with van der Waals surface area (Å²) in [7, 11) is 0. The summed E-state index contributed by atoms with van der Waals surface area (Å²) in [5.74, 6) is -1.17. The first kappa shape index (κ1) is 16.6. The van der Waals surface area contributed by atoms with Crippen LogP contribution in [0.5, 0.6) is 0 Å². The van der Waals surface area contributed by atoms with E-state index in [4.69, 9.17) is 10.0 Å². The van der Waals surface area contributed by atoms with E-state index in [1.54, 1.807) is 12.1 Å². The maximum Gasteiger partial charge on any atom is 0.274 e. The number of nitrogens with one attached hydrogen (secondary N) is 2. The molecule has 0 heterocycles. The first-order valence-corrected chi connectivity index (χ1v) is 7.62. The zero-order valence-corrected chi connectivity index (χ0v) is 13.2. The number of hydrogen-bond donors (Lipinski definition) is 3. The van der Waals surface area contributed by atoms with Crippen molar-refractivity contribution in [2.75, 3.05) is 0 Å². The Morgan fingerprint density at radius 1 is 0.880 bits per heavy atom. The molecule has 0 aromatic heterocycles. The standard InChI is InChI=1S/C19H16N2O4/c22-18(20-24)14-7-4-8-15(11-14)19(23)21-25-12-16-9-3-6-13-5-1-2-10-17(13)16/h1-11,24H,12H2,(H,20,22)(H,21,23). The van der Waals surface area contributed by atoms with Crippen LogP contribution in [0.2, 0.25) is 0 Å². The molecule has 3 rings (SSSR count). The van der Waals surface area contributed by atoms with E-state index in [9.17, 15) is 9.59 Å². The van der Waals surface area contributed by atoms with Crippen LogP contribution in [0.1, 0.15) is 26.3 Å². The summed E-state index contributed by atoms with van der Waals surface area (Å²) >= 11 is 0. The third-order valence-electron chi connectivity index (χ3n) is 3.76. The van der Waals surface area contributed by atoms with Gasteiger partial charge in [-0.3, -0.25) is 19.6 Å². The second-order valence-corrected chi connectivity index (χ2v) is 5.38. The molecule has 3 aromatic rings. The van der Waals surface area contributed by atoms with Crippen molar-refractivity contribution in [2.24, 2.45) is 0 Å². The van der Waals surface area contributed by atoms with Gasteiger partial charge in [0.25, 0.3) is 11.8 Å². The fraction of sp³-hybridized carbons (Fsp3) is 0.0526. The Bertz CT molecular complexity index is 919. The minimum Gasteiger partial charge on any atom is -0.288 e. The highest BCUT2D eigenvalue weighted by atomic mass is 16.6. The zero-order valence-electron chi connectivity index (χ0n) is 13.2. The maximum absolute atomic E-state index is 12.1. The average Bonchev–Trinajstić information content (AvgIpc) is 2.67. The third-order valence-corrected chi connectivity index (χ3v) is 3.76. The number of carbonyl (C=O) groups is 2. The van der Waals surface area contributed by atoms with Crippen molar-refractivity contribution in [3.63, 3.8) is 0 Å². The number of carbonyl (C=O) groups excluding carboxylic acids is 2. The Morgan fingerprint density at radius 3 is 2.36 bits per heavy atom. The second-order valence-electron chi connectivity index (χ2n) is 5.38. The molecule has 3 aromatic carbocycles. The highest BCUT2D eigenvalue weighted by molar-refractivity contribution is 5.98. The molecule has 0 spiro atoms. The molecule has 0 bridgehead atoms. The molecule has 0 radical (unpaired) electrons. The van der Waals surface area contributed by atoms with E-state index in [0.29, 0.717) is 0 Å². The second kappa shape index (κ2) is 7.57. The van der Waals surface area contributed by atoms with Gasteiger partial charge in [-0.1, -0.05) is 48.5 Å². The number of rotatable bonds is 5. The smallest absolute Gasteiger partial charge is 0.274 e. The predicted molar refractivity (Wildman–Crippen MR) is 91.9 cm³/mol. The molecule has 25 heavy (non-hydrogen) atoms. The van der Waals surface area contributed by atoms with Crippen molar-refractivity contribution in [3.05, 3.63) is 83.4 Å². The molecule has 0 fully saturated rings. The molecule has 6 heteroatoms. The fourth-order valence-corrected chi connectivity index (χ4v) is 2.52. The number of amides is 2. The van der Waals surface area contributed by atoms with Gasteiger partial charge in [0, 0.05) is 11.1 Å². The van der Waals surface area contributed by atoms with E-state index in [1.165, 1.54) is 17.6 Å². The SMILES string of the molecule is O=C(NO)c1cccc(C(=O)NOCc2cccc3ccccc23)c1. The predicted octanol–water partition coefficient (Wildman–Crippen LogP) is 2.82. The number of benzene rings is 3. The lowest BCUT2D eigenvalue weighted by atomic mass is 10.1. The van der Waals surface area contributed by atoms with Crippen LogP contribution in [0.15, 0.2) is 66.7 Å². The average molecular weight is 336 g/mol. The molecule has 126 valence electrons. The van der Waals surface area contributed by atoms with Gasteiger partial charge in [0.05, 0.1) is 0 Å². The van der Waals surface area contributed by atoms with Gasteiger partial charge < -0.3 is 0 Å². The van der Waals surface area contributed by atoms with Crippen LogP contribution >= 0.6 is 0 Å². The molecule has 0 saturated carbocycles. The first-order chi connectivity index (χ1) is 12.2. The van der Waals surface area contributed by atoms with Gasteiger partial charge in [0.1, 0.15) is 6.61 Å². The number of fused-ring (bicyclic) bond motifs is 1. The minimum absolute atomic E-state index is 0.171. The van der Waals surface area contributed by atoms with Gasteiger partial charge in [-0.15, -0.1) is 0 Å². The molecule has 0 aliphatic heterocycles. The Morgan fingerprint density at radius 2 is 1.56 bits per heavy atom. The molecular weight excluding hydrogens is 320 g/mol. The van der Waals surface area contributed by atoms with Crippen molar-refractivity contribution in [1.29, 1.82) is 0 Å². The summed E-state index contributed by atoms with van der Waals surface area (Å²) in [6.07, 6.45) is 0. The van der Waals surface area contributed by atoms with Crippen molar-refractivity contribution in [1.82, 2.24) is 11.0 Å². The summed E-state index contributed by atoms with van der Waals surface area (Å²) in [6, 6.07) is 19.7. The normalized spacial score (nSPS) is 10.4. The summed E-state index contributed by atoms with van der Waals surface area (Å²) in [5.41, 5.74) is 5.26. The summed E-state index contributed by atoms with van der Waals surface area (Å²) in [4.78, 5) is 28.8. The monoisotopic (exact) mass is 336 g/mol. The molecule has 0 unspecified atom stereocenters. The summed E-state index contributed by atoms with van der Waals surface area (Å²) in [6.45, 7) is 0.212. The van der Waals surface area contributed by atoms with E-state index in [0.717, 1.165) is 16.3 Å². The van der Waals surface area contributed by atoms with Gasteiger partial charge in [0.2, 0.25) is 0 Å². The van der Waals surface area contributed by atoms with Gasteiger partial charge >= 0.3 is 0 Å². The molecule has 3 N–H and O–H groups in total. The van der Waals surface area contributed by atoms with Crippen LogP contribution in [0.25, 0.3) is 10.8 Å². The fourth-order valence-electron chi connectivity index (χ4n) is 2.52. The molecular formula is C19H16N2O4. The number of hydroxylamine groups is 2. The van der Waals surface area contributed by atoms with Crippen LogP contribution in [0.4, 0.5) is 0 Å². The Balaban J connectivity index is 1.66. The van der Waals surface area contributed by atoms with Crippen LogP contribution in [0, 0.1) is 0 Å². The van der Waals surface area contributed by atoms with Gasteiger partial charge in [-0.05, 0) is 34.5 Å². The topological polar surface area (TPSA) is 87.7 Å². The van der Waals surface area contributed by atoms with Crippen molar-refractivity contribution in [3.8, 4) is 0 Å². The highest BCUT2D eigenvalue weighted by Gasteiger charge is 2.10. The Kier molecular flexibility index (Phi) is 5.03. The molecule has 0 aliphatic rings. The van der Waals surface area contributed by atoms with Crippen molar-refractivity contribution in [2.45, 2.75) is 6.61 Å².